The molecule has 0 spiro atoms. The van der Waals surface area contributed by atoms with Crippen LogP contribution in [0.4, 0.5) is 11.5 Å². The normalized spacial score (nSPS) is 12.4. The molecule has 0 fully saturated rings. The number of hydrogen-bond donors (Lipinski definition) is 1. The van der Waals surface area contributed by atoms with Crippen molar-refractivity contribution in [2.24, 2.45) is 5.10 Å². The smallest absolute Gasteiger partial charge is 0.282 e. The molecule has 1 aromatic heterocycles. The van der Waals surface area contributed by atoms with Gasteiger partial charge in [0.1, 0.15) is 5.69 Å². The van der Waals surface area contributed by atoms with Crippen molar-refractivity contribution in [2.75, 3.05) is 12.2 Å². The lowest BCUT2D eigenvalue weighted by molar-refractivity contribution is -0.385. The lowest BCUT2D eigenvalue weighted by Gasteiger charge is -2.09. The van der Waals surface area contributed by atoms with Crippen LogP contribution >= 0.6 is 0 Å². The summed E-state index contributed by atoms with van der Waals surface area (Å²) in [4.78, 5) is 20.3. The first-order valence-corrected chi connectivity index (χ1v) is 9.38. The highest BCUT2D eigenvalue weighted by molar-refractivity contribution is 5.88. The number of aromatic nitrogens is 2. The first kappa shape index (κ1) is 18.5. The monoisotopic (exact) mass is 413 g/mol. The van der Waals surface area contributed by atoms with E-state index in [1.165, 1.54) is 18.3 Å². The maximum atomic E-state index is 11.4. The van der Waals surface area contributed by atoms with Gasteiger partial charge in [0.2, 0.25) is 6.79 Å². The predicted molar refractivity (Wildman–Crippen MR) is 115 cm³/mol. The van der Waals surface area contributed by atoms with Gasteiger partial charge in [-0.15, -0.1) is 0 Å². The second-order valence-electron chi connectivity index (χ2n) is 6.67. The van der Waals surface area contributed by atoms with Gasteiger partial charge in [-0.2, -0.15) is 5.10 Å². The highest BCUT2D eigenvalue weighted by Gasteiger charge is 2.22. The Morgan fingerprint density at radius 1 is 0.968 bits per heavy atom. The molecule has 4 aromatic rings. The zero-order valence-electron chi connectivity index (χ0n) is 16.1. The highest BCUT2D eigenvalue weighted by Crippen LogP contribution is 2.37. The van der Waals surface area contributed by atoms with E-state index in [4.69, 9.17) is 14.5 Å². The molecule has 0 bridgehead atoms. The Bertz CT molecular complexity index is 1320. The molecule has 152 valence electrons. The summed E-state index contributed by atoms with van der Waals surface area (Å²) in [5, 5.41) is 15.6. The Morgan fingerprint density at radius 3 is 2.39 bits per heavy atom. The Morgan fingerprint density at radius 2 is 1.65 bits per heavy atom. The van der Waals surface area contributed by atoms with E-state index < -0.39 is 4.92 Å². The van der Waals surface area contributed by atoms with Crippen LogP contribution in [0.2, 0.25) is 0 Å². The zero-order valence-corrected chi connectivity index (χ0v) is 16.1. The molecule has 3 aromatic carbocycles. The summed E-state index contributed by atoms with van der Waals surface area (Å²) in [7, 11) is 0. The summed E-state index contributed by atoms with van der Waals surface area (Å²) in [6.07, 6.45) is 1.35. The third-order valence-corrected chi connectivity index (χ3v) is 4.71. The fourth-order valence-electron chi connectivity index (χ4n) is 3.25. The Kier molecular flexibility index (Phi) is 4.60. The molecule has 31 heavy (non-hydrogen) atoms. The first-order chi connectivity index (χ1) is 15.2. The number of fused-ring (bicyclic) bond motifs is 2. The number of ether oxygens (including phenoxy) is 2. The van der Waals surface area contributed by atoms with E-state index in [9.17, 15) is 10.1 Å². The van der Waals surface area contributed by atoms with E-state index in [1.54, 1.807) is 0 Å². The molecule has 1 N–H and O–H groups in total. The molecule has 0 amide bonds. The van der Waals surface area contributed by atoms with Gasteiger partial charge in [0, 0.05) is 5.56 Å². The molecule has 2 heterocycles. The number of nitrogens with one attached hydrogen (secondary N) is 1. The minimum Gasteiger partial charge on any atom is -0.454 e. The van der Waals surface area contributed by atoms with Crippen molar-refractivity contribution in [3.05, 3.63) is 82.4 Å². The lowest BCUT2D eigenvalue weighted by atomic mass is 10.1. The van der Waals surface area contributed by atoms with E-state index in [0.29, 0.717) is 28.5 Å². The van der Waals surface area contributed by atoms with Crippen LogP contribution in [0.5, 0.6) is 11.5 Å². The van der Waals surface area contributed by atoms with Gasteiger partial charge in [0.25, 0.3) is 5.69 Å². The van der Waals surface area contributed by atoms with E-state index in [0.717, 1.165) is 11.1 Å². The summed E-state index contributed by atoms with van der Waals surface area (Å²) in [5.41, 5.74) is 5.97. The maximum Gasteiger partial charge on any atom is 0.282 e. The number of hydrogen-bond acceptors (Lipinski definition) is 8. The molecule has 0 aliphatic carbocycles. The Balaban J connectivity index is 1.53. The van der Waals surface area contributed by atoms with Gasteiger partial charge in [-0.1, -0.05) is 42.5 Å². The average Bonchev–Trinajstić information content (AvgIpc) is 3.26. The second kappa shape index (κ2) is 7.71. The molecule has 0 radical (unpaired) electrons. The Labute approximate surface area is 176 Å². The number of nitro benzene ring substituents is 1. The number of anilines is 1. The average molecular weight is 413 g/mol. The second-order valence-corrected chi connectivity index (χ2v) is 6.67. The lowest BCUT2D eigenvalue weighted by Crippen LogP contribution is -2.01. The number of rotatable bonds is 5. The van der Waals surface area contributed by atoms with Crippen LogP contribution in [-0.4, -0.2) is 27.9 Å². The molecule has 1 aliphatic rings. The zero-order chi connectivity index (χ0) is 21.2. The van der Waals surface area contributed by atoms with Crippen LogP contribution in [0, 0.1) is 10.1 Å². The molecule has 0 saturated heterocycles. The molecule has 1 aliphatic heterocycles. The SMILES string of the molecule is O=[N+]([O-])c1cc2c(cc1/C=N/Nc1nc3ccccc3nc1-c1ccccc1)OCO2. The van der Waals surface area contributed by atoms with Crippen LogP contribution in [0.1, 0.15) is 5.56 Å². The van der Waals surface area contributed by atoms with Crippen LogP contribution in [0.3, 0.4) is 0 Å². The summed E-state index contributed by atoms with van der Waals surface area (Å²) in [6, 6.07) is 20.0. The van der Waals surface area contributed by atoms with Crippen molar-refractivity contribution in [3.63, 3.8) is 0 Å². The van der Waals surface area contributed by atoms with Crippen molar-refractivity contribution in [2.45, 2.75) is 0 Å². The van der Waals surface area contributed by atoms with E-state index in [2.05, 4.69) is 15.5 Å². The number of nitrogens with zero attached hydrogens (tertiary/aromatic N) is 4. The quantitative estimate of drug-likeness (QED) is 0.293. The van der Waals surface area contributed by atoms with Gasteiger partial charge < -0.3 is 9.47 Å². The maximum absolute atomic E-state index is 11.4. The molecule has 9 nitrogen and oxygen atoms in total. The van der Waals surface area contributed by atoms with E-state index in [1.807, 2.05) is 54.6 Å². The number of benzene rings is 3. The van der Waals surface area contributed by atoms with Gasteiger partial charge in [0.15, 0.2) is 17.3 Å². The summed E-state index contributed by atoms with van der Waals surface area (Å²) < 4.78 is 10.5. The van der Waals surface area contributed by atoms with E-state index in [-0.39, 0.29) is 18.0 Å². The van der Waals surface area contributed by atoms with Gasteiger partial charge in [-0.05, 0) is 18.2 Å². The van der Waals surface area contributed by atoms with Crippen LogP contribution in [0.15, 0.2) is 71.8 Å². The molecular formula is C22H15N5O4. The van der Waals surface area contributed by atoms with Crippen molar-refractivity contribution in [3.8, 4) is 22.8 Å². The molecular weight excluding hydrogens is 398 g/mol. The van der Waals surface area contributed by atoms with E-state index >= 15 is 0 Å². The topological polar surface area (TPSA) is 112 Å². The third-order valence-electron chi connectivity index (χ3n) is 4.71. The fraction of sp³-hybridized carbons (Fsp3) is 0.0455. The molecule has 5 rings (SSSR count). The minimum atomic E-state index is -0.492. The van der Waals surface area contributed by atoms with Crippen LogP contribution in [0.25, 0.3) is 22.3 Å². The molecule has 0 atom stereocenters. The standard InChI is InChI=1S/C22H15N5O4/c28-27(29)18-11-20-19(30-13-31-20)10-15(18)12-23-26-22-21(14-6-2-1-3-7-14)24-16-8-4-5-9-17(16)25-22/h1-12H,13H2,(H,25,26)/b23-12+. The molecule has 9 heteroatoms. The predicted octanol–water partition coefficient (Wildman–Crippen LogP) is 4.38. The van der Waals surface area contributed by atoms with Gasteiger partial charge in [-0.25, -0.2) is 9.97 Å². The van der Waals surface area contributed by atoms with Crippen LogP contribution in [-0.2, 0) is 0 Å². The summed E-state index contributed by atoms with van der Waals surface area (Å²) >= 11 is 0. The van der Waals surface area contributed by atoms with Crippen molar-refractivity contribution < 1.29 is 14.4 Å². The largest absolute Gasteiger partial charge is 0.454 e. The third kappa shape index (κ3) is 3.60. The number of para-hydroxylation sites is 2. The Hall–Kier alpha value is -4.53. The molecule has 0 unspecified atom stereocenters. The van der Waals surface area contributed by atoms with Gasteiger partial charge in [-0.3, -0.25) is 15.5 Å². The van der Waals surface area contributed by atoms with Crippen LogP contribution < -0.4 is 14.9 Å². The summed E-state index contributed by atoms with van der Waals surface area (Å²) in [6.45, 7) is 0.0262. The van der Waals surface area contributed by atoms with Crippen molar-refractivity contribution in [1.29, 1.82) is 0 Å². The number of hydrazone groups is 1. The van der Waals surface area contributed by atoms with Crippen molar-refractivity contribution >= 4 is 28.8 Å². The first-order valence-electron chi connectivity index (χ1n) is 9.38. The summed E-state index contributed by atoms with van der Waals surface area (Å²) in [5.74, 6) is 1.20. The van der Waals surface area contributed by atoms with Crippen molar-refractivity contribution in [1.82, 2.24) is 9.97 Å². The number of nitro groups is 1. The highest BCUT2D eigenvalue weighted by atomic mass is 16.7. The van der Waals surface area contributed by atoms with Gasteiger partial charge >= 0.3 is 0 Å². The molecule has 0 saturated carbocycles. The van der Waals surface area contributed by atoms with Gasteiger partial charge in [0.05, 0.1) is 33.8 Å². The fourth-order valence-corrected chi connectivity index (χ4v) is 3.25. The minimum absolute atomic E-state index is 0.0262.